The number of nitrogens with one attached hydrogen (secondary N) is 1. The molecule has 1 heterocycles. The zero-order valence-electron chi connectivity index (χ0n) is 14.3. The van der Waals surface area contributed by atoms with Crippen molar-refractivity contribution in [2.24, 2.45) is 0 Å². The van der Waals surface area contributed by atoms with Crippen molar-refractivity contribution >= 4 is 34.5 Å². The number of carbonyl (C=O) groups is 3. The van der Waals surface area contributed by atoms with E-state index < -0.39 is 5.97 Å². The summed E-state index contributed by atoms with van der Waals surface area (Å²) in [6.07, 6.45) is 0.731. The van der Waals surface area contributed by atoms with Gasteiger partial charge in [0.2, 0.25) is 0 Å². The number of ether oxygens (including phenoxy) is 2. The summed E-state index contributed by atoms with van der Waals surface area (Å²) in [7, 11) is 0. The molecule has 0 bridgehead atoms. The number of hydrogen-bond donors (Lipinski definition) is 1. The second-order valence-corrected chi connectivity index (χ2v) is 6.46. The van der Waals surface area contributed by atoms with Gasteiger partial charge in [-0.05, 0) is 50.6 Å². The lowest BCUT2D eigenvalue weighted by Crippen LogP contribution is -2.21. The summed E-state index contributed by atoms with van der Waals surface area (Å²) < 4.78 is 10.4. The second kappa shape index (κ2) is 8.43. The molecule has 2 rings (SSSR count). The Morgan fingerprint density at radius 3 is 2.48 bits per heavy atom. The number of anilines is 1. The van der Waals surface area contributed by atoms with Crippen LogP contribution in [0.15, 0.2) is 24.3 Å². The van der Waals surface area contributed by atoms with Gasteiger partial charge in [-0.1, -0.05) is 0 Å². The van der Waals surface area contributed by atoms with Crippen molar-refractivity contribution in [3.8, 4) is 5.75 Å². The largest absolute Gasteiger partial charge is 0.484 e. The van der Waals surface area contributed by atoms with Crippen molar-refractivity contribution in [3.63, 3.8) is 0 Å². The number of amides is 1. The zero-order chi connectivity index (χ0) is 18.4. The number of hydrogen-bond acceptors (Lipinski definition) is 6. The van der Waals surface area contributed by atoms with E-state index in [9.17, 15) is 14.4 Å². The number of benzene rings is 1. The van der Waals surface area contributed by atoms with Crippen LogP contribution in [0.3, 0.4) is 0 Å². The van der Waals surface area contributed by atoms with Crippen LogP contribution < -0.4 is 10.1 Å². The number of thiophene rings is 1. The third kappa shape index (κ3) is 4.67. The van der Waals surface area contributed by atoms with E-state index in [4.69, 9.17) is 9.47 Å². The summed E-state index contributed by atoms with van der Waals surface area (Å²) in [4.78, 5) is 35.8. The summed E-state index contributed by atoms with van der Waals surface area (Å²) in [6, 6.07) is 6.43. The number of carbonyl (C=O) groups excluding carboxylic acids is 3. The lowest BCUT2D eigenvalue weighted by Gasteiger charge is -2.08. The summed E-state index contributed by atoms with van der Waals surface area (Å²) in [5, 5.41) is 3.16. The molecule has 1 amide bonds. The first kappa shape index (κ1) is 18.7. The van der Waals surface area contributed by atoms with Crippen LogP contribution >= 0.6 is 11.3 Å². The minimum absolute atomic E-state index is 0.210. The minimum Gasteiger partial charge on any atom is -0.484 e. The van der Waals surface area contributed by atoms with Crippen LogP contribution in [0.1, 0.15) is 38.1 Å². The Morgan fingerprint density at radius 2 is 1.88 bits per heavy atom. The molecule has 0 spiro atoms. The van der Waals surface area contributed by atoms with E-state index in [0.29, 0.717) is 21.9 Å². The first-order valence-electron chi connectivity index (χ1n) is 7.71. The standard InChI is InChI=1S/C18H19NO5S/c1-4-23-18(22)16-11(2)12(3)25-17(16)19-15(21)10-24-14-7-5-13(9-20)6-8-14/h5-9H,4,10H2,1-3H3,(H,19,21). The summed E-state index contributed by atoms with van der Waals surface area (Å²) in [5.74, 6) is -0.360. The van der Waals surface area contributed by atoms with Gasteiger partial charge in [0.15, 0.2) is 6.61 Å². The molecule has 0 radical (unpaired) electrons. The third-order valence-corrected chi connectivity index (χ3v) is 4.63. The maximum Gasteiger partial charge on any atom is 0.341 e. The Kier molecular flexibility index (Phi) is 6.30. The van der Waals surface area contributed by atoms with Crippen molar-refractivity contribution in [2.75, 3.05) is 18.5 Å². The predicted molar refractivity (Wildman–Crippen MR) is 95.7 cm³/mol. The molecule has 1 N–H and O–H groups in total. The van der Waals surface area contributed by atoms with Gasteiger partial charge in [0.05, 0.1) is 12.2 Å². The number of aryl methyl sites for hydroxylation is 1. The summed E-state index contributed by atoms with van der Waals surface area (Å²) in [5.41, 5.74) is 1.71. The maximum absolute atomic E-state index is 12.1. The molecule has 1 aromatic carbocycles. The Morgan fingerprint density at radius 1 is 1.20 bits per heavy atom. The lowest BCUT2D eigenvalue weighted by molar-refractivity contribution is -0.118. The number of rotatable bonds is 7. The van der Waals surface area contributed by atoms with Crippen molar-refractivity contribution in [3.05, 3.63) is 45.8 Å². The molecule has 132 valence electrons. The monoisotopic (exact) mass is 361 g/mol. The highest BCUT2D eigenvalue weighted by Crippen LogP contribution is 2.33. The second-order valence-electron chi connectivity index (χ2n) is 5.23. The highest BCUT2D eigenvalue weighted by atomic mass is 32.1. The van der Waals surface area contributed by atoms with Gasteiger partial charge in [0.25, 0.3) is 5.91 Å². The topological polar surface area (TPSA) is 81.7 Å². The van der Waals surface area contributed by atoms with Crippen molar-refractivity contribution < 1.29 is 23.9 Å². The van der Waals surface area contributed by atoms with Gasteiger partial charge in [-0.15, -0.1) is 11.3 Å². The van der Waals surface area contributed by atoms with E-state index in [1.165, 1.54) is 11.3 Å². The first-order chi connectivity index (χ1) is 12.0. The molecule has 0 aliphatic rings. The van der Waals surface area contributed by atoms with Crippen molar-refractivity contribution in [2.45, 2.75) is 20.8 Å². The average Bonchev–Trinajstić information content (AvgIpc) is 2.87. The summed E-state index contributed by atoms with van der Waals surface area (Å²) >= 11 is 1.32. The fraction of sp³-hybridized carbons (Fsp3) is 0.278. The predicted octanol–water partition coefficient (Wildman–Crippen LogP) is 3.37. The summed E-state index contributed by atoms with van der Waals surface area (Å²) in [6.45, 7) is 5.48. The first-order valence-corrected chi connectivity index (χ1v) is 8.52. The van der Waals surface area contributed by atoms with Crippen LogP contribution in [0, 0.1) is 13.8 Å². The normalized spacial score (nSPS) is 10.2. The Bertz CT molecular complexity index is 780. The van der Waals surface area contributed by atoms with E-state index in [1.807, 2.05) is 13.8 Å². The lowest BCUT2D eigenvalue weighted by atomic mass is 10.1. The van der Waals surface area contributed by atoms with Gasteiger partial charge in [-0.25, -0.2) is 4.79 Å². The highest BCUT2D eigenvalue weighted by Gasteiger charge is 2.22. The molecule has 6 nitrogen and oxygen atoms in total. The van der Waals surface area contributed by atoms with Crippen molar-refractivity contribution in [1.29, 1.82) is 0 Å². The minimum atomic E-state index is -0.454. The fourth-order valence-electron chi connectivity index (χ4n) is 2.12. The van der Waals surface area contributed by atoms with Crippen LogP contribution in [-0.4, -0.2) is 31.4 Å². The molecule has 25 heavy (non-hydrogen) atoms. The molecule has 0 aliphatic carbocycles. The molecule has 0 fully saturated rings. The fourth-order valence-corrected chi connectivity index (χ4v) is 3.18. The van der Waals surface area contributed by atoms with Crippen LogP contribution in [0.4, 0.5) is 5.00 Å². The van der Waals surface area contributed by atoms with Crippen LogP contribution in [-0.2, 0) is 9.53 Å². The van der Waals surface area contributed by atoms with Crippen molar-refractivity contribution in [1.82, 2.24) is 0 Å². The molecular weight excluding hydrogens is 342 g/mol. The molecule has 0 saturated heterocycles. The van der Waals surface area contributed by atoms with Gasteiger partial charge in [-0.2, -0.15) is 0 Å². The van der Waals surface area contributed by atoms with Gasteiger partial charge in [0, 0.05) is 10.4 Å². The molecular formula is C18H19NO5S. The van der Waals surface area contributed by atoms with Crippen LogP contribution in [0.25, 0.3) is 0 Å². The van der Waals surface area contributed by atoms with Gasteiger partial charge in [0.1, 0.15) is 17.0 Å². The average molecular weight is 361 g/mol. The SMILES string of the molecule is CCOC(=O)c1c(NC(=O)COc2ccc(C=O)cc2)sc(C)c1C. The third-order valence-electron chi connectivity index (χ3n) is 3.50. The van der Waals surface area contributed by atoms with E-state index in [-0.39, 0.29) is 19.1 Å². The number of esters is 1. The molecule has 0 unspecified atom stereocenters. The number of aldehydes is 1. The molecule has 0 saturated carbocycles. The smallest absolute Gasteiger partial charge is 0.341 e. The Hall–Kier alpha value is -2.67. The van der Waals surface area contributed by atoms with Gasteiger partial charge >= 0.3 is 5.97 Å². The van der Waals surface area contributed by atoms with E-state index >= 15 is 0 Å². The molecule has 0 atom stereocenters. The molecule has 2 aromatic rings. The quantitative estimate of drug-likeness (QED) is 0.604. The molecule has 1 aromatic heterocycles. The Balaban J connectivity index is 2.03. The van der Waals surface area contributed by atoms with Gasteiger partial charge < -0.3 is 14.8 Å². The Labute approximate surface area is 149 Å². The van der Waals surface area contributed by atoms with E-state index in [2.05, 4.69) is 5.32 Å². The van der Waals surface area contributed by atoms with Gasteiger partial charge in [-0.3, -0.25) is 9.59 Å². The van der Waals surface area contributed by atoms with Crippen LogP contribution in [0.2, 0.25) is 0 Å². The van der Waals surface area contributed by atoms with E-state index in [0.717, 1.165) is 16.7 Å². The maximum atomic E-state index is 12.1. The molecule has 0 aliphatic heterocycles. The zero-order valence-corrected chi connectivity index (χ0v) is 15.1. The molecule has 7 heteroatoms. The highest BCUT2D eigenvalue weighted by molar-refractivity contribution is 7.16. The van der Waals surface area contributed by atoms with Crippen LogP contribution in [0.5, 0.6) is 5.75 Å². The van der Waals surface area contributed by atoms with E-state index in [1.54, 1.807) is 31.2 Å².